The molecule has 0 bridgehead atoms. The summed E-state index contributed by atoms with van der Waals surface area (Å²) in [4.78, 5) is -0.123. The number of rotatable bonds is 1. The van der Waals surface area contributed by atoms with E-state index >= 15 is 0 Å². The van der Waals surface area contributed by atoms with E-state index in [2.05, 4.69) is 0 Å². The van der Waals surface area contributed by atoms with Crippen molar-refractivity contribution in [1.82, 2.24) is 0 Å². The van der Waals surface area contributed by atoms with Crippen LogP contribution in [0.2, 0.25) is 0 Å². The van der Waals surface area contributed by atoms with Crippen LogP contribution >= 0.6 is 0 Å². The standard InChI is InChI=1S/C10H15NO3S/c1-10(2,3)8-6-7(15(12,13)14)4-5-9(8)11/h4-6H,11H2,1-3H3,(H,12,13,14). The Hall–Kier alpha value is -1.07. The third kappa shape index (κ3) is 2.70. The topological polar surface area (TPSA) is 80.4 Å². The van der Waals surface area contributed by atoms with Gasteiger partial charge in [0.05, 0.1) is 4.90 Å². The van der Waals surface area contributed by atoms with Gasteiger partial charge in [0, 0.05) is 5.69 Å². The van der Waals surface area contributed by atoms with Crippen molar-refractivity contribution in [1.29, 1.82) is 0 Å². The van der Waals surface area contributed by atoms with E-state index < -0.39 is 10.1 Å². The summed E-state index contributed by atoms with van der Waals surface area (Å²) in [7, 11) is -4.16. The predicted octanol–water partition coefficient (Wildman–Crippen LogP) is 1.81. The first-order valence-corrected chi connectivity index (χ1v) is 5.94. The molecule has 0 saturated carbocycles. The van der Waals surface area contributed by atoms with E-state index in [-0.39, 0.29) is 10.3 Å². The van der Waals surface area contributed by atoms with Crippen molar-refractivity contribution in [3.63, 3.8) is 0 Å². The minimum atomic E-state index is -4.16. The molecule has 0 radical (unpaired) electrons. The Morgan fingerprint density at radius 1 is 1.27 bits per heavy atom. The first kappa shape index (κ1) is 12.0. The lowest BCUT2D eigenvalue weighted by Gasteiger charge is -2.21. The number of benzene rings is 1. The molecule has 0 amide bonds. The van der Waals surface area contributed by atoms with Crippen LogP contribution in [0, 0.1) is 0 Å². The van der Waals surface area contributed by atoms with E-state index in [4.69, 9.17) is 10.3 Å². The monoisotopic (exact) mass is 229 g/mol. The highest BCUT2D eigenvalue weighted by Crippen LogP contribution is 2.29. The molecule has 1 aromatic carbocycles. The zero-order chi connectivity index (χ0) is 11.9. The quantitative estimate of drug-likeness (QED) is 0.568. The molecule has 0 aliphatic carbocycles. The Balaban J connectivity index is 3.43. The van der Waals surface area contributed by atoms with Crippen molar-refractivity contribution in [2.45, 2.75) is 31.1 Å². The van der Waals surface area contributed by atoms with Crippen LogP contribution in [0.3, 0.4) is 0 Å². The van der Waals surface area contributed by atoms with E-state index in [1.165, 1.54) is 18.2 Å². The summed E-state index contributed by atoms with van der Waals surface area (Å²) in [6.45, 7) is 5.77. The van der Waals surface area contributed by atoms with Crippen molar-refractivity contribution in [3.8, 4) is 0 Å². The minimum Gasteiger partial charge on any atom is -0.398 e. The molecule has 0 spiro atoms. The number of nitrogens with two attached hydrogens (primary N) is 1. The molecule has 15 heavy (non-hydrogen) atoms. The van der Waals surface area contributed by atoms with Crippen LogP contribution in [0.1, 0.15) is 26.3 Å². The van der Waals surface area contributed by atoms with Gasteiger partial charge >= 0.3 is 0 Å². The summed E-state index contributed by atoms with van der Waals surface area (Å²) in [6.07, 6.45) is 0. The van der Waals surface area contributed by atoms with Gasteiger partial charge in [-0.05, 0) is 29.2 Å². The van der Waals surface area contributed by atoms with Gasteiger partial charge in [0.1, 0.15) is 0 Å². The smallest absolute Gasteiger partial charge is 0.294 e. The van der Waals surface area contributed by atoms with Crippen LogP contribution in [-0.4, -0.2) is 13.0 Å². The fourth-order valence-electron chi connectivity index (χ4n) is 1.35. The zero-order valence-corrected chi connectivity index (χ0v) is 9.80. The second-order valence-corrected chi connectivity index (χ2v) is 5.90. The maximum atomic E-state index is 10.9. The van der Waals surface area contributed by atoms with Gasteiger partial charge in [0.15, 0.2) is 0 Å². The van der Waals surface area contributed by atoms with E-state index in [1.54, 1.807) is 0 Å². The van der Waals surface area contributed by atoms with Crippen molar-refractivity contribution < 1.29 is 13.0 Å². The molecule has 0 saturated heterocycles. The molecule has 0 aromatic heterocycles. The molecular weight excluding hydrogens is 214 g/mol. The van der Waals surface area contributed by atoms with Gasteiger partial charge in [-0.2, -0.15) is 8.42 Å². The molecule has 1 rings (SSSR count). The molecule has 0 unspecified atom stereocenters. The maximum absolute atomic E-state index is 10.9. The van der Waals surface area contributed by atoms with Gasteiger partial charge in [-0.25, -0.2) is 0 Å². The van der Waals surface area contributed by atoms with Crippen molar-refractivity contribution in [3.05, 3.63) is 23.8 Å². The summed E-state index contributed by atoms with van der Waals surface area (Å²) in [5.41, 5.74) is 6.71. The average Bonchev–Trinajstić information content (AvgIpc) is 2.00. The predicted molar refractivity (Wildman–Crippen MR) is 59.4 cm³/mol. The van der Waals surface area contributed by atoms with Crippen LogP contribution in [0.15, 0.2) is 23.1 Å². The lowest BCUT2D eigenvalue weighted by Crippen LogP contribution is -2.15. The van der Waals surface area contributed by atoms with Crippen LogP contribution in [0.4, 0.5) is 5.69 Å². The normalized spacial score (nSPS) is 12.8. The lowest BCUT2D eigenvalue weighted by atomic mass is 9.86. The van der Waals surface area contributed by atoms with Gasteiger partial charge in [0.25, 0.3) is 10.1 Å². The van der Waals surface area contributed by atoms with Gasteiger partial charge in [0.2, 0.25) is 0 Å². The number of hydrogen-bond donors (Lipinski definition) is 2. The second-order valence-electron chi connectivity index (χ2n) is 4.47. The average molecular weight is 229 g/mol. The second kappa shape index (κ2) is 3.50. The van der Waals surface area contributed by atoms with Gasteiger partial charge in [-0.3, -0.25) is 4.55 Å². The molecule has 0 fully saturated rings. The van der Waals surface area contributed by atoms with Crippen molar-refractivity contribution in [2.24, 2.45) is 0 Å². The number of nitrogen functional groups attached to an aromatic ring is 1. The van der Waals surface area contributed by atoms with E-state index in [9.17, 15) is 8.42 Å². The molecule has 0 aliphatic heterocycles. The van der Waals surface area contributed by atoms with Gasteiger partial charge in [-0.15, -0.1) is 0 Å². The third-order valence-corrected chi connectivity index (χ3v) is 2.98. The minimum absolute atomic E-state index is 0.123. The molecule has 4 nitrogen and oxygen atoms in total. The van der Waals surface area contributed by atoms with E-state index in [1.807, 2.05) is 20.8 Å². The molecule has 0 heterocycles. The maximum Gasteiger partial charge on any atom is 0.294 e. The van der Waals surface area contributed by atoms with Crippen LogP contribution < -0.4 is 5.73 Å². The van der Waals surface area contributed by atoms with Crippen molar-refractivity contribution in [2.75, 3.05) is 5.73 Å². The Labute approximate surface area is 89.9 Å². The summed E-state index contributed by atoms with van der Waals surface area (Å²) < 4.78 is 30.8. The molecule has 0 aliphatic rings. The van der Waals surface area contributed by atoms with Gasteiger partial charge in [-0.1, -0.05) is 20.8 Å². The Morgan fingerprint density at radius 3 is 2.20 bits per heavy atom. The highest BCUT2D eigenvalue weighted by Gasteiger charge is 2.20. The Bertz CT molecular complexity index is 472. The molecule has 84 valence electrons. The highest BCUT2D eigenvalue weighted by molar-refractivity contribution is 7.85. The van der Waals surface area contributed by atoms with Gasteiger partial charge < -0.3 is 5.73 Å². The molecule has 3 N–H and O–H groups in total. The first-order valence-electron chi connectivity index (χ1n) is 4.50. The third-order valence-electron chi connectivity index (χ3n) is 2.13. The number of hydrogen-bond acceptors (Lipinski definition) is 3. The van der Waals surface area contributed by atoms with Crippen LogP contribution in [0.5, 0.6) is 0 Å². The van der Waals surface area contributed by atoms with E-state index in [0.29, 0.717) is 11.3 Å². The zero-order valence-electron chi connectivity index (χ0n) is 8.98. The summed E-state index contributed by atoms with van der Waals surface area (Å²) in [5.74, 6) is 0. The fraction of sp³-hybridized carbons (Fsp3) is 0.400. The number of anilines is 1. The van der Waals surface area contributed by atoms with Crippen LogP contribution in [0.25, 0.3) is 0 Å². The Morgan fingerprint density at radius 2 is 1.80 bits per heavy atom. The summed E-state index contributed by atoms with van der Waals surface area (Å²) >= 11 is 0. The first-order chi connectivity index (χ1) is 6.62. The molecule has 0 atom stereocenters. The highest BCUT2D eigenvalue weighted by atomic mass is 32.2. The largest absolute Gasteiger partial charge is 0.398 e. The molecule has 1 aromatic rings. The van der Waals surface area contributed by atoms with Crippen molar-refractivity contribution >= 4 is 15.8 Å². The molecule has 5 heteroatoms. The van der Waals surface area contributed by atoms with E-state index in [0.717, 1.165) is 0 Å². The molecular formula is C10H15NO3S. The lowest BCUT2D eigenvalue weighted by molar-refractivity contribution is 0.482. The Kier molecular flexibility index (Phi) is 2.80. The SMILES string of the molecule is CC(C)(C)c1cc(S(=O)(=O)O)ccc1N. The summed E-state index contributed by atoms with van der Waals surface area (Å²) in [5, 5.41) is 0. The summed E-state index contributed by atoms with van der Waals surface area (Å²) in [6, 6.07) is 4.19. The van der Waals surface area contributed by atoms with Crippen LogP contribution in [-0.2, 0) is 15.5 Å². The fourth-order valence-corrected chi connectivity index (χ4v) is 1.85.